The van der Waals surface area contributed by atoms with Gasteiger partial charge in [0.25, 0.3) is 0 Å². The number of nitrogens with zero attached hydrogens (tertiary/aromatic N) is 1. The lowest BCUT2D eigenvalue weighted by molar-refractivity contribution is 0.848. The minimum atomic E-state index is 0.433. The van der Waals surface area contributed by atoms with Crippen LogP contribution in [0.4, 0.5) is 5.69 Å². The Bertz CT molecular complexity index is 623. The third-order valence-corrected chi connectivity index (χ3v) is 4.08. The molecule has 1 aromatic heterocycles. The molecule has 2 nitrogen and oxygen atoms in total. The van der Waals surface area contributed by atoms with Gasteiger partial charge in [-0.25, -0.2) is 0 Å². The number of aryl methyl sites for hydroxylation is 1. The topological polar surface area (TPSA) is 24.9 Å². The van der Waals surface area contributed by atoms with Gasteiger partial charge in [-0.05, 0) is 60.1 Å². The van der Waals surface area contributed by atoms with Crippen molar-refractivity contribution in [2.45, 2.75) is 33.6 Å². The first-order chi connectivity index (χ1) is 8.95. The predicted molar refractivity (Wildman–Crippen MR) is 92.5 cm³/mol. The molecule has 1 aromatic carbocycles. The summed E-state index contributed by atoms with van der Waals surface area (Å²) in [5, 5.41) is 5.33. The zero-order valence-electron chi connectivity index (χ0n) is 11.6. The van der Waals surface area contributed by atoms with Crippen LogP contribution in [0.5, 0.6) is 0 Å². The lowest BCUT2D eigenvalue weighted by atomic mass is 9.96. The first kappa shape index (κ1) is 14.9. The number of nitrogens with one attached hydrogen (secondary N) is 1. The quantitative estimate of drug-likeness (QED) is 0.716. The molecule has 0 fully saturated rings. The molecule has 2 aromatic rings. The fourth-order valence-corrected chi connectivity index (χ4v) is 3.57. The van der Waals surface area contributed by atoms with E-state index in [0.717, 1.165) is 31.7 Å². The van der Waals surface area contributed by atoms with E-state index in [-0.39, 0.29) is 0 Å². The van der Waals surface area contributed by atoms with E-state index in [0.29, 0.717) is 5.92 Å². The number of hydrogen-bond acceptors (Lipinski definition) is 2. The average molecular weight is 389 g/mol. The van der Waals surface area contributed by atoms with Crippen LogP contribution in [0, 0.1) is 10.5 Å². The zero-order chi connectivity index (χ0) is 14.2. The van der Waals surface area contributed by atoms with Crippen molar-refractivity contribution in [3.05, 3.63) is 32.0 Å². The number of rotatable bonds is 3. The standard InChI is InChI=1S/C15H18ClIN2/c1-5-18-15-11-6-10(17)7-12(16)14(11)19-9(4)13(15)8(2)3/h6-8H,5H2,1-4H3,(H,18,19). The second-order valence-corrected chi connectivity index (χ2v) is 6.61. The van der Waals surface area contributed by atoms with Gasteiger partial charge in [-0.1, -0.05) is 25.4 Å². The minimum absolute atomic E-state index is 0.433. The van der Waals surface area contributed by atoms with Crippen molar-refractivity contribution in [2.75, 3.05) is 11.9 Å². The first-order valence-electron chi connectivity index (χ1n) is 6.48. The van der Waals surface area contributed by atoms with E-state index in [4.69, 9.17) is 16.6 Å². The van der Waals surface area contributed by atoms with Crippen molar-refractivity contribution in [1.29, 1.82) is 0 Å². The van der Waals surface area contributed by atoms with E-state index < -0.39 is 0 Å². The summed E-state index contributed by atoms with van der Waals surface area (Å²) < 4.78 is 1.13. The van der Waals surface area contributed by atoms with Crippen LogP contribution in [0.15, 0.2) is 12.1 Å². The summed E-state index contributed by atoms with van der Waals surface area (Å²) in [4.78, 5) is 4.71. The van der Waals surface area contributed by atoms with Crippen LogP contribution in [-0.2, 0) is 0 Å². The molecule has 0 aliphatic rings. The Morgan fingerprint density at radius 1 is 1.37 bits per heavy atom. The number of halogens is 2. The molecule has 0 spiro atoms. The Morgan fingerprint density at radius 2 is 2.05 bits per heavy atom. The highest BCUT2D eigenvalue weighted by molar-refractivity contribution is 14.1. The SMILES string of the molecule is CCNc1c(C(C)C)c(C)nc2c(Cl)cc(I)cc12. The second-order valence-electron chi connectivity index (χ2n) is 4.95. The molecule has 19 heavy (non-hydrogen) atoms. The van der Waals surface area contributed by atoms with E-state index in [1.165, 1.54) is 11.3 Å². The van der Waals surface area contributed by atoms with Gasteiger partial charge in [-0.2, -0.15) is 0 Å². The van der Waals surface area contributed by atoms with Gasteiger partial charge >= 0.3 is 0 Å². The van der Waals surface area contributed by atoms with Crippen molar-refractivity contribution in [3.8, 4) is 0 Å². The van der Waals surface area contributed by atoms with Crippen molar-refractivity contribution < 1.29 is 0 Å². The molecule has 0 atom stereocenters. The molecule has 1 heterocycles. The normalized spacial score (nSPS) is 11.3. The van der Waals surface area contributed by atoms with Gasteiger partial charge in [0, 0.05) is 26.9 Å². The first-order valence-corrected chi connectivity index (χ1v) is 7.94. The van der Waals surface area contributed by atoms with Crippen molar-refractivity contribution in [3.63, 3.8) is 0 Å². The highest BCUT2D eigenvalue weighted by Gasteiger charge is 2.16. The summed E-state index contributed by atoms with van der Waals surface area (Å²) in [5.41, 5.74) is 4.41. The Hall–Kier alpha value is -0.550. The van der Waals surface area contributed by atoms with Crippen LogP contribution in [0.3, 0.4) is 0 Å². The molecule has 0 unspecified atom stereocenters. The molecule has 102 valence electrons. The summed E-state index contributed by atoms with van der Waals surface area (Å²) in [6.07, 6.45) is 0. The molecule has 2 rings (SSSR count). The number of anilines is 1. The third-order valence-electron chi connectivity index (χ3n) is 3.17. The third kappa shape index (κ3) is 2.82. The summed E-state index contributed by atoms with van der Waals surface area (Å²) >= 11 is 8.64. The lowest BCUT2D eigenvalue weighted by Gasteiger charge is -2.19. The Morgan fingerprint density at radius 3 is 2.63 bits per heavy atom. The largest absolute Gasteiger partial charge is 0.384 e. The summed E-state index contributed by atoms with van der Waals surface area (Å²) in [6.45, 7) is 9.46. The monoisotopic (exact) mass is 388 g/mol. The predicted octanol–water partition coefficient (Wildman–Crippen LogP) is 5.36. The molecule has 0 radical (unpaired) electrons. The number of pyridine rings is 1. The second kappa shape index (κ2) is 5.83. The number of hydrogen-bond donors (Lipinski definition) is 1. The van der Waals surface area contributed by atoms with Gasteiger partial charge < -0.3 is 5.32 Å². The molecular weight excluding hydrogens is 371 g/mol. The van der Waals surface area contributed by atoms with Crippen LogP contribution in [0.25, 0.3) is 10.9 Å². The van der Waals surface area contributed by atoms with E-state index >= 15 is 0 Å². The molecule has 0 saturated heterocycles. The lowest BCUT2D eigenvalue weighted by Crippen LogP contribution is -2.07. The zero-order valence-corrected chi connectivity index (χ0v) is 14.6. The number of aromatic nitrogens is 1. The van der Waals surface area contributed by atoms with Gasteiger partial charge in [0.05, 0.1) is 10.5 Å². The number of benzene rings is 1. The van der Waals surface area contributed by atoms with Crippen molar-refractivity contribution >= 4 is 50.8 Å². The average Bonchev–Trinajstić information content (AvgIpc) is 2.30. The fourth-order valence-electron chi connectivity index (χ4n) is 2.50. The highest BCUT2D eigenvalue weighted by atomic mass is 127. The van der Waals surface area contributed by atoms with Gasteiger partial charge in [-0.15, -0.1) is 0 Å². The molecule has 1 N–H and O–H groups in total. The molecule has 0 saturated carbocycles. The van der Waals surface area contributed by atoms with Gasteiger partial charge in [-0.3, -0.25) is 4.98 Å². The fraction of sp³-hybridized carbons (Fsp3) is 0.400. The van der Waals surface area contributed by atoms with Gasteiger partial charge in [0.1, 0.15) is 0 Å². The van der Waals surface area contributed by atoms with Crippen molar-refractivity contribution in [2.24, 2.45) is 0 Å². The molecular formula is C15H18ClIN2. The van der Waals surface area contributed by atoms with Crippen LogP contribution >= 0.6 is 34.2 Å². The maximum atomic E-state index is 6.34. The van der Waals surface area contributed by atoms with Gasteiger partial charge in [0.2, 0.25) is 0 Å². The van der Waals surface area contributed by atoms with Crippen LogP contribution in [0.2, 0.25) is 5.02 Å². The van der Waals surface area contributed by atoms with Crippen molar-refractivity contribution in [1.82, 2.24) is 4.98 Å². The van der Waals surface area contributed by atoms with E-state index in [1.807, 2.05) is 6.07 Å². The molecule has 4 heteroatoms. The molecule has 0 aliphatic heterocycles. The Kier molecular flexibility index (Phi) is 4.56. The Balaban J connectivity index is 2.89. The maximum absolute atomic E-state index is 6.34. The van der Waals surface area contributed by atoms with Crippen LogP contribution in [-0.4, -0.2) is 11.5 Å². The van der Waals surface area contributed by atoms with E-state index in [2.05, 4.69) is 61.7 Å². The minimum Gasteiger partial charge on any atom is -0.384 e. The van der Waals surface area contributed by atoms with Gasteiger partial charge in [0.15, 0.2) is 0 Å². The van der Waals surface area contributed by atoms with Crippen LogP contribution < -0.4 is 5.32 Å². The molecule has 0 bridgehead atoms. The van der Waals surface area contributed by atoms with E-state index in [1.54, 1.807) is 0 Å². The number of fused-ring (bicyclic) bond motifs is 1. The highest BCUT2D eigenvalue weighted by Crippen LogP contribution is 2.36. The van der Waals surface area contributed by atoms with E-state index in [9.17, 15) is 0 Å². The molecule has 0 aliphatic carbocycles. The Labute approximate surface area is 133 Å². The maximum Gasteiger partial charge on any atom is 0.0913 e. The molecule has 0 amide bonds. The summed E-state index contributed by atoms with van der Waals surface area (Å²) in [5.74, 6) is 0.433. The summed E-state index contributed by atoms with van der Waals surface area (Å²) in [7, 11) is 0. The summed E-state index contributed by atoms with van der Waals surface area (Å²) in [6, 6.07) is 4.11. The smallest absolute Gasteiger partial charge is 0.0913 e. The van der Waals surface area contributed by atoms with Crippen LogP contribution in [0.1, 0.15) is 37.9 Å².